The summed E-state index contributed by atoms with van der Waals surface area (Å²) >= 11 is 0. The van der Waals surface area contributed by atoms with Crippen LogP contribution in [-0.4, -0.2) is 33.5 Å². The number of carbonyl (C=O) groups excluding carboxylic acids is 2. The van der Waals surface area contributed by atoms with Gasteiger partial charge in [0.25, 0.3) is 12.3 Å². The van der Waals surface area contributed by atoms with Crippen LogP contribution in [0.2, 0.25) is 0 Å². The van der Waals surface area contributed by atoms with Crippen molar-refractivity contribution in [2.75, 3.05) is 6.54 Å². The molecule has 2 heterocycles. The molecule has 0 aliphatic heterocycles. The van der Waals surface area contributed by atoms with Crippen molar-refractivity contribution in [3.63, 3.8) is 0 Å². The average molecular weight is 510 g/mol. The fraction of sp³-hybridized carbons (Fsp3) is 0.375. The van der Waals surface area contributed by atoms with Gasteiger partial charge in [-0.15, -0.1) is 0 Å². The smallest absolute Gasteiger partial charge is 0.405 e. The Labute approximate surface area is 204 Å². The first-order valence-corrected chi connectivity index (χ1v) is 11.1. The zero-order valence-electron chi connectivity index (χ0n) is 19.9. The van der Waals surface area contributed by atoms with Gasteiger partial charge in [-0.2, -0.15) is 0 Å². The number of pyridine rings is 1. The Kier molecular flexibility index (Phi) is 8.06. The van der Waals surface area contributed by atoms with E-state index < -0.39 is 47.8 Å². The van der Waals surface area contributed by atoms with Gasteiger partial charge < -0.3 is 20.5 Å². The number of aromatic nitrogens is 2. The van der Waals surface area contributed by atoms with Gasteiger partial charge in [0.15, 0.2) is 11.4 Å². The molecule has 8 nitrogen and oxygen atoms in total. The number of nitrogens with zero attached hydrogens (tertiary/aromatic N) is 2. The van der Waals surface area contributed by atoms with E-state index in [1.165, 1.54) is 13.0 Å². The van der Waals surface area contributed by atoms with Gasteiger partial charge in [-0.25, -0.2) is 27.3 Å². The normalized spacial score (nSPS) is 13.0. The van der Waals surface area contributed by atoms with Crippen LogP contribution >= 0.6 is 0 Å². The third kappa shape index (κ3) is 5.86. The molecule has 12 heteroatoms. The fourth-order valence-electron chi connectivity index (χ4n) is 3.87. The fourth-order valence-corrected chi connectivity index (χ4v) is 3.87. The molecule has 0 fully saturated rings. The third-order valence-corrected chi connectivity index (χ3v) is 5.53. The zero-order valence-corrected chi connectivity index (χ0v) is 19.9. The lowest BCUT2D eigenvalue weighted by atomic mass is 10.0. The Morgan fingerprint density at radius 1 is 1.25 bits per heavy atom. The molecule has 3 rings (SSSR count). The summed E-state index contributed by atoms with van der Waals surface area (Å²) in [5.41, 5.74) is 3.30. The minimum Gasteiger partial charge on any atom is -0.485 e. The first-order valence-electron chi connectivity index (χ1n) is 11.1. The number of nitrogens with one attached hydrogen (secondary N) is 1. The van der Waals surface area contributed by atoms with Gasteiger partial charge in [0.2, 0.25) is 0 Å². The van der Waals surface area contributed by atoms with Crippen LogP contribution in [0.25, 0.3) is 5.65 Å². The van der Waals surface area contributed by atoms with E-state index in [2.05, 4.69) is 10.3 Å². The van der Waals surface area contributed by atoms with Crippen molar-refractivity contribution in [3.8, 4) is 5.75 Å². The molecule has 0 aliphatic carbocycles. The number of aryl methyl sites for hydroxylation is 1. The number of alkyl halides is 2. The molecule has 194 valence electrons. The maximum absolute atomic E-state index is 14.0. The highest BCUT2D eigenvalue weighted by atomic mass is 19.3. The van der Waals surface area contributed by atoms with Crippen LogP contribution in [0.5, 0.6) is 5.75 Å². The number of ether oxygens (including phenoxy) is 2. The summed E-state index contributed by atoms with van der Waals surface area (Å²) in [6.45, 7) is 4.27. The molecule has 0 aliphatic rings. The van der Waals surface area contributed by atoms with Gasteiger partial charge in [0.1, 0.15) is 29.5 Å². The van der Waals surface area contributed by atoms with E-state index in [0.717, 1.165) is 28.8 Å². The van der Waals surface area contributed by atoms with Crippen LogP contribution in [0.1, 0.15) is 60.4 Å². The molecule has 0 bridgehead atoms. The number of fused-ring (bicyclic) bond motifs is 1. The number of carbonyl (C=O) groups is 2. The highest BCUT2D eigenvalue weighted by Crippen LogP contribution is 2.30. The van der Waals surface area contributed by atoms with E-state index in [-0.39, 0.29) is 34.9 Å². The van der Waals surface area contributed by atoms with Crippen molar-refractivity contribution >= 4 is 17.6 Å². The van der Waals surface area contributed by atoms with Gasteiger partial charge in [-0.3, -0.25) is 9.20 Å². The second-order valence-electron chi connectivity index (χ2n) is 8.47. The van der Waals surface area contributed by atoms with Crippen LogP contribution in [0.15, 0.2) is 30.5 Å². The van der Waals surface area contributed by atoms with Gasteiger partial charge >= 0.3 is 6.09 Å². The third-order valence-electron chi connectivity index (χ3n) is 5.53. The monoisotopic (exact) mass is 510 g/mol. The first kappa shape index (κ1) is 26.8. The molecule has 0 radical (unpaired) electrons. The quantitative estimate of drug-likeness (QED) is 0.380. The Morgan fingerprint density at radius 3 is 2.50 bits per heavy atom. The van der Waals surface area contributed by atoms with E-state index >= 15 is 0 Å². The molecule has 3 N–H and O–H groups in total. The number of imidazole rings is 1. The zero-order chi connectivity index (χ0) is 26.6. The lowest BCUT2D eigenvalue weighted by molar-refractivity contribution is 0.0235. The maximum atomic E-state index is 14.0. The summed E-state index contributed by atoms with van der Waals surface area (Å²) < 4.78 is 67.1. The molecule has 36 heavy (non-hydrogen) atoms. The van der Waals surface area contributed by atoms with Crippen molar-refractivity contribution in [1.29, 1.82) is 0 Å². The summed E-state index contributed by atoms with van der Waals surface area (Å²) in [7, 11) is 0. The Morgan fingerprint density at radius 2 is 1.92 bits per heavy atom. The Balaban J connectivity index is 1.96. The highest BCUT2D eigenvalue weighted by molar-refractivity contribution is 5.95. The Hall–Kier alpha value is -3.83. The lowest BCUT2D eigenvalue weighted by Crippen LogP contribution is -2.45. The predicted molar refractivity (Wildman–Crippen MR) is 122 cm³/mol. The molecular weight excluding hydrogens is 484 g/mol. The summed E-state index contributed by atoms with van der Waals surface area (Å²) in [6, 6.07) is 4.28. The highest BCUT2D eigenvalue weighted by Gasteiger charge is 2.29. The van der Waals surface area contributed by atoms with Crippen LogP contribution in [0.3, 0.4) is 0 Å². The van der Waals surface area contributed by atoms with Crippen LogP contribution in [-0.2, 0) is 11.3 Å². The Bertz CT molecular complexity index is 1260. The van der Waals surface area contributed by atoms with Gasteiger partial charge in [0, 0.05) is 11.8 Å². The van der Waals surface area contributed by atoms with E-state index in [0.29, 0.717) is 12.8 Å². The minimum atomic E-state index is -2.93. The van der Waals surface area contributed by atoms with Crippen molar-refractivity contribution < 1.29 is 36.6 Å². The number of hydrogen-bond acceptors (Lipinski definition) is 5. The number of benzene rings is 1. The number of hydrogen-bond donors (Lipinski definition) is 2. The maximum Gasteiger partial charge on any atom is 0.405 e. The van der Waals surface area contributed by atoms with Crippen molar-refractivity contribution in [2.45, 2.75) is 52.2 Å². The molecule has 1 atom stereocenters. The van der Waals surface area contributed by atoms with Crippen molar-refractivity contribution in [2.24, 2.45) is 5.73 Å². The standard InChI is InChI=1S/C24H26F4N4O4/c1-4-8-24(3,36-23(29)34)12-30-22(33)19-13(2)31-21-18(9-14(20(27)28)10-32(19)21)35-11-15-16(25)6-5-7-17(15)26/h5-7,9-10,20H,4,8,11-12H2,1-3H3,(H2,29,34)(H,30,33). The van der Waals surface area contributed by atoms with E-state index in [4.69, 9.17) is 15.2 Å². The van der Waals surface area contributed by atoms with E-state index in [9.17, 15) is 27.2 Å². The molecule has 2 amide bonds. The van der Waals surface area contributed by atoms with Crippen LogP contribution in [0.4, 0.5) is 22.4 Å². The molecule has 3 aromatic rings. The molecule has 0 spiro atoms. The number of primary amides is 1. The lowest BCUT2D eigenvalue weighted by Gasteiger charge is -2.28. The molecule has 1 aromatic carbocycles. The minimum absolute atomic E-state index is 0.00324. The summed E-state index contributed by atoms with van der Waals surface area (Å²) in [5, 5.41) is 2.63. The molecular formula is C24H26F4N4O4. The number of rotatable bonds is 10. The molecule has 2 aromatic heterocycles. The summed E-state index contributed by atoms with van der Waals surface area (Å²) in [5.74, 6) is -2.58. The van der Waals surface area contributed by atoms with E-state index in [1.54, 1.807) is 6.92 Å². The molecule has 1 unspecified atom stereocenters. The number of halogens is 4. The number of nitrogens with two attached hydrogens (primary N) is 1. The van der Waals surface area contributed by atoms with Crippen LogP contribution < -0.4 is 15.8 Å². The SMILES string of the molecule is CCCC(C)(CNC(=O)c1c(C)nc2c(OCc3c(F)cccc3F)cc(C(F)F)cn12)OC(N)=O. The van der Waals surface area contributed by atoms with Gasteiger partial charge in [0.05, 0.1) is 17.8 Å². The summed E-state index contributed by atoms with van der Waals surface area (Å²) in [4.78, 5) is 28.6. The average Bonchev–Trinajstić information content (AvgIpc) is 3.12. The first-order chi connectivity index (χ1) is 17.0. The van der Waals surface area contributed by atoms with E-state index in [1.807, 2.05) is 6.92 Å². The predicted octanol–water partition coefficient (Wildman–Crippen LogP) is 4.82. The molecule has 0 saturated carbocycles. The number of amides is 2. The van der Waals surface area contributed by atoms with Crippen molar-refractivity contribution in [3.05, 3.63) is 64.6 Å². The summed E-state index contributed by atoms with van der Waals surface area (Å²) in [6.07, 6.45) is -1.85. The largest absolute Gasteiger partial charge is 0.485 e. The second-order valence-corrected chi connectivity index (χ2v) is 8.47. The van der Waals surface area contributed by atoms with Gasteiger partial charge in [-0.05, 0) is 38.5 Å². The van der Waals surface area contributed by atoms with Crippen molar-refractivity contribution in [1.82, 2.24) is 14.7 Å². The molecule has 0 saturated heterocycles. The van der Waals surface area contributed by atoms with Gasteiger partial charge in [-0.1, -0.05) is 19.4 Å². The second kappa shape index (κ2) is 10.8. The topological polar surface area (TPSA) is 108 Å². The van der Waals surface area contributed by atoms with Crippen LogP contribution in [0, 0.1) is 18.6 Å².